The highest BCUT2D eigenvalue weighted by Gasteiger charge is 2.21. The Morgan fingerprint density at radius 1 is 1.28 bits per heavy atom. The van der Waals surface area contributed by atoms with E-state index in [1.165, 1.54) is 0 Å². The molecule has 1 atom stereocenters. The van der Waals surface area contributed by atoms with Crippen molar-refractivity contribution in [2.75, 3.05) is 6.61 Å². The number of nitrogens with zero attached hydrogens (tertiary/aromatic N) is 1. The molecule has 0 bridgehead atoms. The normalized spacial score (nSPS) is 13.3. The molecule has 4 heteroatoms. The van der Waals surface area contributed by atoms with Crippen LogP contribution in [0.4, 0.5) is 0 Å². The summed E-state index contributed by atoms with van der Waals surface area (Å²) < 4.78 is 5.67. The third-order valence-corrected chi connectivity index (χ3v) is 2.96. The zero-order valence-corrected chi connectivity index (χ0v) is 12.2. The van der Waals surface area contributed by atoms with Gasteiger partial charge in [-0.1, -0.05) is 27.7 Å². The lowest BCUT2D eigenvalue weighted by molar-refractivity contribution is 0.0229. The zero-order chi connectivity index (χ0) is 13.9. The van der Waals surface area contributed by atoms with Gasteiger partial charge in [0.2, 0.25) is 0 Å². The summed E-state index contributed by atoms with van der Waals surface area (Å²) in [4.78, 5) is 19.5. The Morgan fingerprint density at radius 3 is 2.28 bits per heavy atom. The molecule has 0 aliphatic heterocycles. The fourth-order valence-electron chi connectivity index (χ4n) is 2.20. The van der Waals surface area contributed by atoms with E-state index in [-0.39, 0.29) is 23.5 Å². The van der Waals surface area contributed by atoms with Crippen LogP contribution in [0.5, 0.6) is 0 Å². The first-order valence-electron chi connectivity index (χ1n) is 6.60. The van der Waals surface area contributed by atoms with E-state index in [1.807, 2.05) is 27.7 Å². The molecule has 1 N–H and O–H groups in total. The average molecular weight is 252 g/mol. The molecule has 1 unspecified atom stereocenters. The number of hydrogen-bond acceptors (Lipinski definition) is 3. The predicted molar refractivity (Wildman–Crippen MR) is 72.9 cm³/mol. The number of aryl methyl sites for hydroxylation is 1. The molecule has 0 aliphatic carbocycles. The second kappa shape index (κ2) is 6.14. The van der Waals surface area contributed by atoms with Gasteiger partial charge in [0.15, 0.2) is 0 Å². The van der Waals surface area contributed by atoms with Crippen molar-refractivity contribution in [3.8, 4) is 0 Å². The predicted octanol–water partition coefficient (Wildman–Crippen LogP) is 2.94. The van der Waals surface area contributed by atoms with Crippen LogP contribution < -0.4 is 5.56 Å². The third-order valence-electron chi connectivity index (χ3n) is 2.96. The lowest BCUT2D eigenvalue weighted by Gasteiger charge is -2.21. The second-order valence-electron chi connectivity index (χ2n) is 5.22. The highest BCUT2D eigenvalue weighted by Crippen LogP contribution is 2.23. The van der Waals surface area contributed by atoms with Gasteiger partial charge in [-0.25, -0.2) is 4.98 Å². The first kappa shape index (κ1) is 14.9. The van der Waals surface area contributed by atoms with Crippen molar-refractivity contribution in [1.29, 1.82) is 0 Å². The van der Waals surface area contributed by atoms with Crippen molar-refractivity contribution < 1.29 is 4.74 Å². The van der Waals surface area contributed by atoms with Crippen molar-refractivity contribution in [3.05, 3.63) is 27.4 Å². The van der Waals surface area contributed by atoms with E-state index in [2.05, 4.69) is 23.8 Å². The monoisotopic (exact) mass is 252 g/mol. The summed E-state index contributed by atoms with van der Waals surface area (Å²) in [5, 5.41) is 0. The molecule has 1 heterocycles. The third kappa shape index (κ3) is 3.19. The smallest absolute Gasteiger partial charge is 0.254 e. The summed E-state index contributed by atoms with van der Waals surface area (Å²) in [6, 6.07) is 0. The van der Waals surface area contributed by atoms with Crippen molar-refractivity contribution in [2.45, 2.75) is 53.6 Å². The summed E-state index contributed by atoms with van der Waals surface area (Å²) in [6.07, 6.45) is -0.150. The van der Waals surface area contributed by atoms with Gasteiger partial charge in [-0.3, -0.25) is 4.79 Å². The molecule has 102 valence electrons. The van der Waals surface area contributed by atoms with Crippen LogP contribution in [-0.2, 0) is 4.74 Å². The molecule has 0 saturated carbocycles. The molecular formula is C14H24N2O2. The fraction of sp³-hybridized carbons (Fsp3) is 0.714. The summed E-state index contributed by atoms with van der Waals surface area (Å²) >= 11 is 0. The lowest BCUT2D eigenvalue weighted by atomic mass is 10.0. The molecule has 18 heavy (non-hydrogen) atoms. The van der Waals surface area contributed by atoms with E-state index in [0.29, 0.717) is 12.4 Å². The van der Waals surface area contributed by atoms with Gasteiger partial charge >= 0.3 is 0 Å². The molecule has 1 aromatic rings. The highest BCUT2D eigenvalue weighted by atomic mass is 16.5. The molecule has 1 rings (SSSR count). The van der Waals surface area contributed by atoms with Gasteiger partial charge in [0, 0.05) is 17.9 Å². The summed E-state index contributed by atoms with van der Waals surface area (Å²) in [7, 11) is 0. The topological polar surface area (TPSA) is 55.0 Å². The molecular weight excluding hydrogens is 228 g/mol. The van der Waals surface area contributed by atoms with E-state index >= 15 is 0 Å². The molecule has 1 aromatic heterocycles. The van der Waals surface area contributed by atoms with Gasteiger partial charge in [0.25, 0.3) is 5.56 Å². The first-order valence-corrected chi connectivity index (χ1v) is 6.60. The van der Waals surface area contributed by atoms with Crippen molar-refractivity contribution in [3.63, 3.8) is 0 Å². The fourth-order valence-corrected chi connectivity index (χ4v) is 2.20. The van der Waals surface area contributed by atoms with Gasteiger partial charge in [-0.2, -0.15) is 0 Å². The highest BCUT2D eigenvalue weighted by molar-refractivity contribution is 5.20. The maximum absolute atomic E-state index is 12.1. The first-order chi connectivity index (χ1) is 8.38. The van der Waals surface area contributed by atoms with Crippen molar-refractivity contribution in [2.24, 2.45) is 5.92 Å². The number of rotatable bonds is 5. The van der Waals surface area contributed by atoms with Crippen LogP contribution in [0.15, 0.2) is 4.79 Å². The molecule has 0 radical (unpaired) electrons. The van der Waals surface area contributed by atoms with E-state index in [4.69, 9.17) is 4.74 Å². The lowest BCUT2D eigenvalue weighted by Crippen LogP contribution is -2.24. The van der Waals surface area contributed by atoms with E-state index in [9.17, 15) is 4.79 Å². The van der Waals surface area contributed by atoms with E-state index in [1.54, 1.807) is 0 Å². The Morgan fingerprint density at radius 2 is 1.89 bits per heavy atom. The number of aromatic amines is 1. The van der Waals surface area contributed by atoms with Crippen LogP contribution in [0.2, 0.25) is 0 Å². The number of nitrogens with one attached hydrogen (secondary N) is 1. The average Bonchev–Trinajstić information content (AvgIpc) is 2.23. The largest absolute Gasteiger partial charge is 0.370 e. The van der Waals surface area contributed by atoms with Crippen LogP contribution in [0, 0.1) is 12.8 Å². The Labute approximate surface area is 109 Å². The Bertz CT molecular complexity index is 450. The minimum Gasteiger partial charge on any atom is -0.370 e. The van der Waals surface area contributed by atoms with Gasteiger partial charge in [-0.15, -0.1) is 0 Å². The Kier molecular flexibility index (Phi) is 5.08. The Hall–Kier alpha value is -1.16. The number of hydrogen-bond donors (Lipinski definition) is 1. The maximum atomic E-state index is 12.1. The number of ether oxygens (including phenoxy) is 1. The minimum atomic E-state index is -0.150. The van der Waals surface area contributed by atoms with E-state index in [0.717, 1.165) is 11.3 Å². The van der Waals surface area contributed by atoms with Crippen molar-refractivity contribution >= 4 is 0 Å². The number of aromatic nitrogens is 2. The minimum absolute atomic E-state index is 0.0437. The van der Waals surface area contributed by atoms with Crippen LogP contribution in [0.3, 0.4) is 0 Å². The summed E-state index contributed by atoms with van der Waals surface area (Å²) in [5.41, 5.74) is 1.52. The molecule has 0 spiro atoms. The summed E-state index contributed by atoms with van der Waals surface area (Å²) in [6.45, 7) is 12.6. The molecule has 0 saturated heterocycles. The Balaban J connectivity index is 3.23. The van der Waals surface area contributed by atoms with Gasteiger partial charge < -0.3 is 9.72 Å². The molecule has 4 nitrogen and oxygen atoms in total. The second-order valence-corrected chi connectivity index (χ2v) is 5.22. The maximum Gasteiger partial charge on any atom is 0.254 e. The zero-order valence-electron chi connectivity index (χ0n) is 12.2. The van der Waals surface area contributed by atoms with E-state index < -0.39 is 0 Å². The van der Waals surface area contributed by atoms with Gasteiger partial charge in [-0.05, 0) is 25.7 Å². The number of H-pyrrole nitrogens is 1. The molecule has 0 amide bonds. The molecule has 0 aliphatic rings. The van der Waals surface area contributed by atoms with Gasteiger partial charge in [0.1, 0.15) is 11.9 Å². The van der Waals surface area contributed by atoms with Crippen molar-refractivity contribution in [1.82, 2.24) is 9.97 Å². The molecule has 0 aromatic carbocycles. The van der Waals surface area contributed by atoms with Gasteiger partial charge in [0.05, 0.1) is 0 Å². The SMILES string of the molecule is CCOC(c1nc(C)c(C(C)C)c(=O)[nH]1)C(C)C. The van der Waals surface area contributed by atoms with Crippen LogP contribution >= 0.6 is 0 Å². The molecule has 0 fully saturated rings. The standard InChI is InChI=1S/C14H24N2O2/c1-7-18-12(9(4)5)13-15-10(6)11(8(2)3)14(17)16-13/h8-9,12H,7H2,1-6H3,(H,15,16,17). The summed E-state index contributed by atoms with van der Waals surface area (Å²) in [5.74, 6) is 1.09. The van der Waals surface area contributed by atoms with Crippen LogP contribution in [0.25, 0.3) is 0 Å². The van der Waals surface area contributed by atoms with Crippen LogP contribution in [-0.4, -0.2) is 16.6 Å². The van der Waals surface area contributed by atoms with Crippen LogP contribution in [0.1, 0.15) is 63.7 Å². The quantitative estimate of drug-likeness (QED) is 0.876.